The zero-order valence-electron chi connectivity index (χ0n) is 17.0. The second-order valence-electron chi connectivity index (χ2n) is 7.07. The van der Waals surface area contributed by atoms with E-state index in [9.17, 15) is 9.59 Å². The van der Waals surface area contributed by atoms with E-state index < -0.39 is 0 Å². The third-order valence-corrected chi connectivity index (χ3v) is 4.93. The maximum Gasteiger partial charge on any atom is 0.323 e. The Morgan fingerprint density at radius 2 is 1.83 bits per heavy atom. The minimum atomic E-state index is -0.348. The number of hydrogen-bond acceptors (Lipinski definition) is 4. The van der Waals surface area contributed by atoms with Crippen molar-refractivity contribution in [3.8, 4) is 0 Å². The van der Waals surface area contributed by atoms with E-state index in [1.165, 1.54) is 0 Å². The summed E-state index contributed by atoms with van der Waals surface area (Å²) in [5.41, 5.74) is 3.73. The van der Waals surface area contributed by atoms with Crippen LogP contribution in [0.2, 0.25) is 0 Å². The molecular formula is C22H28N4O3. The lowest BCUT2D eigenvalue weighted by Crippen LogP contribution is -2.30. The number of nitrogens with one attached hydrogen (secondary N) is 3. The number of ether oxygens (including phenoxy) is 1. The van der Waals surface area contributed by atoms with Crippen LogP contribution in [0.3, 0.4) is 0 Å². The number of rotatable bonds is 7. The molecule has 0 bridgehead atoms. The Balaban J connectivity index is 1.76. The average molecular weight is 396 g/mol. The fourth-order valence-electron chi connectivity index (χ4n) is 3.39. The van der Waals surface area contributed by atoms with Gasteiger partial charge in [0.05, 0.1) is 12.2 Å². The molecule has 0 unspecified atom stereocenters. The van der Waals surface area contributed by atoms with E-state index in [1.54, 1.807) is 13.2 Å². The second kappa shape index (κ2) is 9.93. The molecule has 154 valence electrons. The van der Waals surface area contributed by atoms with Crippen molar-refractivity contribution in [1.29, 1.82) is 0 Å². The Morgan fingerprint density at radius 1 is 1.07 bits per heavy atom. The first kappa shape index (κ1) is 20.7. The molecule has 3 amide bonds. The molecule has 2 aromatic rings. The number of nitrogens with zero attached hydrogens (tertiary/aromatic N) is 1. The molecule has 0 atom stereocenters. The van der Waals surface area contributed by atoms with E-state index >= 15 is 0 Å². The maximum absolute atomic E-state index is 12.7. The van der Waals surface area contributed by atoms with E-state index in [-0.39, 0.29) is 11.9 Å². The molecule has 3 rings (SSSR count). The van der Waals surface area contributed by atoms with Crippen LogP contribution in [0.1, 0.15) is 28.8 Å². The Morgan fingerprint density at radius 3 is 2.55 bits per heavy atom. The van der Waals surface area contributed by atoms with Gasteiger partial charge in [-0.05, 0) is 49.6 Å². The van der Waals surface area contributed by atoms with Gasteiger partial charge in [0.2, 0.25) is 0 Å². The smallest absolute Gasteiger partial charge is 0.323 e. The van der Waals surface area contributed by atoms with Crippen LogP contribution >= 0.6 is 0 Å². The normalized spacial score (nSPS) is 13.2. The summed E-state index contributed by atoms with van der Waals surface area (Å²) in [6.07, 6.45) is 2.23. The van der Waals surface area contributed by atoms with Crippen molar-refractivity contribution in [1.82, 2.24) is 5.32 Å². The minimum Gasteiger partial charge on any atom is -0.383 e. The van der Waals surface area contributed by atoms with Gasteiger partial charge in [0.25, 0.3) is 5.91 Å². The van der Waals surface area contributed by atoms with Crippen molar-refractivity contribution < 1.29 is 14.3 Å². The molecule has 1 aliphatic rings. The summed E-state index contributed by atoms with van der Waals surface area (Å²) < 4.78 is 5.01. The first-order valence-corrected chi connectivity index (χ1v) is 9.88. The third-order valence-electron chi connectivity index (χ3n) is 4.93. The Kier molecular flexibility index (Phi) is 7.08. The fraction of sp³-hybridized carbons (Fsp3) is 0.364. The largest absolute Gasteiger partial charge is 0.383 e. The van der Waals surface area contributed by atoms with Crippen LogP contribution in [0.15, 0.2) is 42.5 Å². The van der Waals surface area contributed by atoms with Crippen LogP contribution in [0.5, 0.6) is 0 Å². The Labute approximate surface area is 171 Å². The van der Waals surface area contributed by atoms with Crippen LogP contribution in [-0.4, -0.2) is 45.3 Å². The highest BCUT2D eigenvalue weighted by Gasteiger charge is 2.20. The van der Waals surface area contributed by atoms with Gasteiger partial charge in [-0.15, -0.1) is 0 Å². The van der Waals surface area contributed by atoms with Crippen molar-refractivity contribution in [3.63, 3.8) is 0 Å². The van der Waals surface area contributed by atoms with Crippen LogP contribution in [-0.2, 0) is 4.74 Å². The summed E-state index contributed by atoms with van der Waals surface area (Å²) in [5.74, 6) is -0.174. The molecule has 1 aliphatic heterocycles. The lowest BCUT2D eigenvalue weighted by atomic mass is 10.1. The molecule has 1 saturated heterocycles. The topological polar surface area (TPSA) is 82.7 Å². The van der Waals surface area contributed by atoms with E-state index in [0.717, 1.165) is 42.9 Å². The van der Waals surface area contributed by atoms with Gasteiger partial charge in [0.15, 0.2) is 0 Å². The van der Waals surface area contributed by atoms with Crippen LogP contribution in [0, 0.1) is 6.92 Å². The lowest BCUT2D eigenvalue weighted by molar-refractivity contribution is 0.0937. The minimum absolute atomic E-state index is 0.174. The summed E-state index contributed by atoms with van der Waals surface area (Å²) in [6.45, 7) is 4.67. The molecule has 0 aromatic heterocycles. The van der Waals surface area contributed by atoms with Gasteiger partial charge >= 0.3 is 6.03 Å². The molecule has 1 heterocycles. The molecule has 1 fully saturated rings. The highest BCUT2D eigenvalue weighted by Crippen LogP contribution is 2.27. The Hall–Kier alpha value is -3.06. The van der Waals surface area contributed by atoms with Gasteiger partial charge in [0.1, 0.15) is 0 Å². The lowest BCUT2D eigenvalue weighted by Gasteiger charge is -2.22. The molecular weight excluding hydrogens is 368 g/mol. The van der Waals surface area contributed by atoms with E-state index in [0.29, 0.717) is 24.4 Å². The van der Waals surface area contributed by atoms with Crippen molar-refractivity contribution in [2.45, 2.75) is 19.8 Å². The molecule has 7 heteroatoms. The predicted octanol–water partition coefficient (Wildman–Crippen LogP) is 3.62. The van der Waals surface area contributed by atoms with Crippen molar-refractivity contribution in [2.24, 2.45) is 0 Å². The molecule has 3 N–H and O–H groups in total. The number of para-hydroxylation sites is 1. The summed E-state index contributed by atoms with van der Waals surface area (Å²) in [5, 5.41) is 8.54. The summed E-state index contributed by atoms with van der Waals surface area (Å²) >= 11 is 0. The number of amides is 3. The van der Waals surface area contributed by atoms with Crippen molar-refractivity contribution in [3.05, 3.63) is 53.6 Å². The SMILES string of the molecule is COCCNC(=O)c1cc(NC(=O)Nc2ccccc2C)ccc1N1CCCC1. The summed E-state index contributed by atoms with van der Waals surface area (Å²) in [6, 6.07) is 12.7. The first-order valence-electron chi connectivity index (χ1n) is 9.88. The van der Waals surface area contributed by atoms with Crippen molar-refractivity contribution in [2.75, 3.05) is 48.9 Å². The number of aryl methyl sites for hydroxylation is 1. The van der Waals surface area contributed by atoms with Gasteiger partial charge in [-0.25, -0.2) is 4.79 Å². The van der Waals surface area contributed by atoms with Crippen molar-refractivity contribution >= 4 is 29.0 Å². The zero-order valence-corrected chi connectivity index (χ0v) is 17.0. The zero-order chi connectivity index (χ0) is 20.6. The summed E-state index contributed by atoms with van der Waals surface area (Å²) in [4.78, 5) is 27.4. The number of anilines is 3. The molecule has 0 saturated carbocycles. The van der Waals surface area contributed by atoms with Crippen LogP contribution < -0.4 is 20.9 Å². The van der Waals surface area contributed by atoms with Crippen LogP contribution in [0.25, 0.3) is 0 Å². The highest BCUT2D eigenvalue weighted by molar-refractivity contribution is 6.04. The van der Waals surface area contributed by atoms with E-state index in [2.05, 4.69) is 20.9 Å². The average Bonchev–Trinajstić information content (AvgIpc) is 3.24. The van der Waals surface area contributed by atoms with Gasteiger partial charge in [0, 0.05) is 43.8 Å². The Bertz CT molecular complexity index is 863. The monoisotopic (exact) mass is 396 g/mol. The quantitative estimate of drug-likeness (QED) is 0.625. The third kappa shape index (κ3) is 5.48. The first-order chi connectivity index (χ1) is 14.1. The predicted molar refractivity (Wildman–Crippen MR) is 116 cm³/mol. The van der Waals surface area contributed by atoms with Gasteiger partial charge in [-0.2, -0.15) is 0 Å². The molecule has 2 aromatic carbocycles. The van der Waals surface area contributed by atoms with E-state index in [4.69, 9.17) is 4.74 Å². The number of carbonyl (C=O) groups excluding carboxylic acids is 2. The van der Waals surface area contributed by atoms with E-state index in [1.807, 2.05) is 43.3 Å². The maximum atomic E-state index is 12.7. The molecule has 0 spiro atoms. The van der Waals surface area contributed by atoms with Crippen LogP contribution in [0.4, 0.5) is 21.9 Å². The highest BCUT2D eigenvalue weighted by atomic mass is 16.5. The molecule has 0 radical (unpaired) electrons. The fourth-order valence-corrected chi connectivity index (χ4v) is 3.39. The standard InChI is InChI=1S/C22H28N4O3/c1-16-7-3-4-8-19(16)25-22(28)24-17-9-10-20(26-12-5-6-13-26)18(15-17)21(27)23-11-14-29-2/h3-4,7-10,15H,5-6,11-14H2,1-2H3,(H,23,27)(H2,24,25,28). The number of benzene rings is 2. The molecule has 0 aliphatic carbocycles. The second-order valence-corrected chi connectivity index (χ2v) is 7.07. The number of urea groups is 1. The van der Waals surface area contributed by atoms with Gasteiger partial charge in [-0.1, -0.05) is 18.2 Å². The van der Waals surface area contributed by atoms with Gasteiger partial charge in [-0.3, -0.25) is 4.79 Å². The van der Waals surface area contributed by atoms with Gasteiger partial charge < -0.3 is 25.6 Å². The summed E-state index contributed by atoms with van der Waals surface area (Å²) in [7, 11) is 1.60. The molecule has 29 heavy (non-hydrogen) atoms. The molecule has 7 nitrogen and oxygen atoms in total. The number of hydrogen-bond donors (Lipinski definition) is 3. The number of carbonyl (C=O) groups is 2. The number of methoxy groups -OCH3 is 1.